The van der Waals surface area contributed by atoms with Crippen molar-refractivity contribution in [3.8, 4) is 0 Å². The van der Waals surface area contributed by atoms with Gasteiger partial charge in [-0.1, -0.05) is 0 Å². The first-order valence-electron chi connectivity index (χ1n) is 4.23. The molecule has 0 unspecified atom stereocenters. The second-order valence-corrected chi connectivity index (χ2v) is 2.97. The number of hydrogen-bond acceptors (Lipinski definition) is 6. The molecule has 0 bridgehead atoms. The van der Waals surface area contributed by atoms with Crippen LogP contribution < -0.4 is 16.4 Å². The van der Waals surface area contributed by atoms with E-state index in [9.17, 15) is 4.79 Å². The third kappa shape index (κ3) is 3.94. The van der Waals surface area contributed by atoms with Gasteiger partial charge in [-0.15, -0.1) is 0 Å². The topological polar surface area (TPSA) is 106 Å². The Morgan fingerprint density at radius 1 is 1.47 bits per heavy atom. The average Bonchev–Trinajstić information content (AvgIpc) is 2.16. The number of carbonyl (C=O) groups is 1. The zero-order valence-electron chi connectivity index (χ0n) is 8.12. The van der Waals surface area contributed by atoms with Crippen molar-refractivity contribution in [1.29, 1.82) is 0 Å². The predicted octanol–water partition coefficient (Wildman–Crippen LogP) is -0.345. The number of amides is 1. The van der Waals surface area contributed by atoms with Crippen LogP contribution in [0.25, 0.3) is 0 Å². The van der Waals surface area contributed by atoms with Gasteiger partial charge in [-0.2, -0.15) is 15.0 Å². The van der Waals surface area contributed by atoms with Crippen molar-refractivity contribution in [2.75, 3.05) is 24.6 Å². The summed E-state index contributed by atoms with van der Waals surface area (Å²) in [6.45, 7) is 0.402. The van der Waals surface area contributed by atoms with Crippen LogP contribution in [0.5, 0.6) is 0 Å². The molecule has 1 aromatic heterocycles. The third-order valence-corrected chi connectivity index (χ3v) is 1.71. The molecule has 0 spiro atoms. The van der Waals surface area contributed by atoms with E-state index in [-0.39, 0.29) is 23.1 Å². The van der Waals surface area contributed by atoms with Gasteiger partial charge in [-0.25, -0.2) is 0 Å². The number of hydrogen-bond donors (Lipinski definition) is 3. The number of anilines is 2. The van der Waals surface area contributed by atoms with Crippen molar-refractivity contribution in [3.63, 3.8) is 0 Å². The maximum atomic E-state index is 10.9. The Bertz CT molecular complexity index is 337. The summed E-state index contributed by atoms with van der Waals surface area (Å²) in [5, 5.41) is 5.31. The largest absolute Gasteiger partial charge is 0.368 e. The van der Waals surface area contributed by atoms with E-state index in [1.165, 1.54) is 0 Å². The molecule has 0 saturated heterocycles. The zero-order chi connectivity index (χ0) is 11.3. The minimum atomic E-state index is -0.0735. The highest BCUT2D eigenvalue weighted by Gasteiger charge is 2.02. The Morgan fingerprint density at radius 2 is 2.20 bits per heavy atom. The van der Waals surface area contributed by atoms with Crippen molar-refractivity contribution >= 4 is 29.4 Å². The van der Waals surface area contributed by atoms with Crippen LogP contribution in [0.4, 0.5) is 11.9 Å². The number of nitrogens with one attached hydrogen (secondary N) is 2. The number of rotatable bonds is 4. The maximum Gasteiger partial charge on any atom is 0.228 e. The molecule has 1 aromatic rings. The molecule has 0 aromatic carbocycles. The van der Waals surface area contributed by atoms with E-state index in [4.69, 9.17) is 17.3 Å². The normalized spacial score (nSPS) is 9.73. The number of halogens is 1. The van der Waals surface area contributed by atoms with Gasteiger partial charge in [0.15, 0.2) is 0 Å². The van der Waals surface area contributed by atoms with Gasteiger partial charge in [0.2, 0.25) is 23.1 Å². The van der Waals surface area contributed by atoms with Crippen LogP contribution in [-0.4, -0.2) is 34.5 Å². The minimum absolute atomic E-state index is 0.0185. The van der Waals surface area contributed by atoms with Crippen molar-refractivity contribution in [3.05, 3.63) is 5.28 Å². The molecule has 0 saturated carbocycles. The molecular formula is C7H11ClN6O. The van der Waals surface area contributed by atoms with Crippen molar-refractivity contribution in [2.45, 2.75) is 6.42 Å². The Balaban J connectivity index is 2.47. The quantitative estimate of drug-likeness (QED) is 0.653. The molecule has 82 valence electrons. The summed E-state index contributed by atoms with van der Waals surface area (Å²) >= 11 is 5.56. The first-order valence-corrected chi connectivity index (χ1v) is 4.61. The van der Waals surface area contributed by atoms with Gasteiger partial charge in [-0.05, 0) is 11.6 Å². The van der Waals surface area contributed by atoms with E-state index < -0.39 is 0 Å². The van der Waals surface area contributed by atoms with E-state index in [2.05, 4.69) is 25.6 Å². The molecule has 0 radical (unpaired) electrons. The molecule has 0 atom stereocenters. The Hall–Kier alpha value is -1.63. The number of nitrogens with two attached hydrogens (primary N) is 1. The Morgan fingerprint density at radius 3 is 2.80 bits per heavy atom. The van der Waals surface area contributed by atoms with E-state index in [1.54, 1.807) is 7.05 Å². The van der Waals surface area contributed by atoms with Crippen molar-refractivity contribution < 1.29 is 4.79 Å². The summed E-state index contributed by atoms with van der Waals surface area (Å²) in [7, 11) is 1.57. The van der Waals surface area contributed by atoms with E-state index in [0.717, 1.165) is 0 Å². The van der Waals surface area contributed by atoms with Gasteiger partial charge in [0, 0.05) is 20.0 Å². The molecular weight excluding hydrogens is 220 g/mol. The van der Waals surface area contributed by atoms with Crippen molar-refractivity contribution in [1.82, 2.24) is 20.3 Å². The molecule has 0 aliphatic heterocycles. The van der Waals surface area contributed by atoms with Crippen LogP contribution in [0.1, 0.15) is 6.42 Å². The van der Waals surface area contributed by atoms with Gasteiger partial charge in [0.1, 0.15) is 0 Å². The van der Waals surface area contributed by atoms with Crippen molar-refractivity contribution in [2.24, 2.45) is 0 Å². The van der Waals surface area contributed by atoms with E-state index in [0.29, 0.717) is 13.0 Å². The monoisotopic (exact) mass is 230 g/mol. The fourth-order valence-corrected chi connectivity index (χ4v) is 1.02. The third-order valence-electron chi connectivity index (χ3n) is 1.54. The molecule has 8 heteroatoms. The number of carbonyl (C=O) groups excluding carboxylic acids is 1. The number of nitrogens with zero attached hydrogens (tertiary/aromatic N) is 3. The molecule has 1 amide bonds. The lowest BCUT2D eigenvalue weighted by Gasteiger charge is -2.04. The lowest BCUT2D eigenvalue weighted by molar-refractivity contribution is -0.120. The van der Waals surface area contributed by atoms with E-state index in [1.807, 2.05) is 0 Å². The summed E-state index contributed by atoms with van der Waals surface area (Å²) in [5.74, 6) is 0.226. The summed E-state index contributed by atoms with van der Waals surface area (Å²) in [4.78, 5) is 22.0. The van der Waals surface area contributed by atoms with Gasteiger partial charge in [-0.3, -0.25) is 4.79 Å². The Kier molecular flexibility index (Phi) is 4.04. The number of aromatic nitrogens is 3. The van der Waals surface area contributed by atoms with Gasteiger partial charge in [0.05, 0.1) is 0 Å². The van der Waals surface area contributed by atoms with Crippen LogP contribution in [0.2, 0.25) is 5.28 Å². The van der Waals surface area contributed by atoms with Crippen LogP contribution >= 0.6 is 11.6 Å². The molecule has 1 rings (SSSR count). The smallest absolute Gasteiger partial charge is 0.228 e. The van der Waals surface area contributed by atoms with Crippen LogP contribution in [0.3, 0.4) is 0 Å². The maximum absolute atomic E-state index is 10.9. The second kappa shape index (κ2) is 5.30. The summed E-state index contributed by atoms with van der Waals surface area (Å²) in [6, 6.07) is 0. The summed E-state index contributed by atoms with van der Waals surface area (Å²) in [6.07, 6.45) is 0.319. The lowest BCUT2D eigenvalue weighted by Crippen LogP contribution is -2.21. The van der Waals surface area contributed by atoms with Crippen LogP contribution in [-0.2, 0) is 4.79 Å². The lowest BCUT2D eigenvalue weighted by atomic mass is 10.4. The molecule has 7 nitrogen and oxygen atoms in total. The first kappa shape index (κ1) is 11.4. The molecule has 0 fully saturated rings. The van der Waals surface area contributed by atoms with Gasteiger partial charge < -0.3 is 16.4 Å². The summed E-state index contributed by atoms with van der Waals surface area (Å²) in [5.41, 5.74) is 5.35. The fraction of sp³-hybridized carbons (Fsp3) is 0.429. The molecule has 1 heterocycles. The minimum Gasteiger partial charge on any atom is -0.368 e. The number of nitrogen functional groups attached to an aromatic ring is 1. The first-order chi connectivity index (χ1) is 7.11. The van der Waals surface area contributed by atoms with Crippen LogP contribution in [0, 0.1) is 0 Å². The van der Waals surface area contributed by atoms with E-state index >= 15 is 0 Å². The summed E-state index contributed by atoms with van der Waals surface area (Å²) < 4.78 is 0. The second-order valence-electron chi connectivity index (χ2n) is 2.64. The molecule has 0 aliphatic carbocycles. The average molecular weight is 231 g/mol. The highest BCUT2D eigenvalue weighted by Crippen LogP contribution is 2.06. The zero-order valence-corrected chi connectivity index (χ0v) is 8.88. The fourth-order valence-electron chi connectivity index (χ4n) is 0.857. The van der Waals surface area contributed by atoms with Gasteiger partial charge >= 0.3 is 0 Å². The standard InChI is InChI=1S/C7H11ClN6O/c1-10-4(15)2-3-11-7-13-5(8)12-6(9)14-7/h2-3H2,1H3,(H,10,15)(H3,9,11,12,13,14). The SMILES string of the molecule is CNC(=O)CCNc1nc(N)nc(Cl)n1. The predicted molar refractivity (Wildman–Crippen MR) is 56.4 cm³/mol. The Labute approximate surface area is 91.5 Å². The molecule has 4 N–H and O–H groups in total. The molecule has 15 heavy (non-hydrogen) atoms. The highest BCUT2D eigenvalue weighted by molar-refractivity contribution is 6.28. The highest BCUT2D eigenvalue weighted by atomic mass is 35.5. The van der Waals surface area contributed by atoms with Gasteiger partial charge in [0.25, 0.3) is 0 Å². The van der Waals surface area contributed by atoms with Crippen LogP contribution in [0.15, 0.2) is 0 Å². The molecule has 0 aliphatic rings.